The summed E-state index contributed by atoms with van der Waals surface area (Å²) in [5.74, 6) is 0. The van der Waals surface area contributed by atoms with Gasteiger partial charge in [0.1, 0.15) is 11.2 Å². The average Bonchev–Trinajstić information content (AvgIpc) is 4.06. The number of aromatic amines is 1. The minimum atomic E-state index is -0.171. The third-order valence-electron chi connectivity index (χ3n) is 15.6. The summed E-state index contributed by atoms with van der Waals surface area (Å²) in [6.07, 6.45) is 0. The number of hydrogen-bond donors (Lipinski definition) is 1. The Morgan fingerprint density at radius 2 is 1.00 bits per heavy atom. The van der Waals surface area contributed by atoms with E-state index in [1.54, 1.807) is 0 Å². The summed E-state index contributed by atoms with van der Waals surface area (Å²) < 4.78 is 7.24. The fourth-order valence-electron chi connectivity index (χ4n) is 12.3. The molecule has 0 saturated carbocycles. The number of benzene rings is 12. The number of H-pyrrole nitrogens is 1. The van der Waals surface area contributed by atoms with Crippen LogP contribution in [-0.4, -0.2) is 4.98 Å². The molecule has 1 N–H and O–H groups in total. The molecule has 0 bridgehead atoms. The maximum absolute atomic E-state index is 7.24. The van der Waals surface area contributed by atoms with Crippen LogP contribution in [0.4, 0.5) is 17.1 Å². The van der Waals surface area contributed by atoms with E-state index in [1.807, 2.05) is 0 Å². The molecule has 0 aliphatic heterocycles. The van der Waals surface area contributed by atoms with Crippen molar-refractivity contribution in [3.8, 4) is 33.4 Å². The fourth-order valence-corrected chi connectivity index (χ4v) is 12.3. The fraction of sp³-hybridized carbons (Fsp3) is 0.0448. The van der Waals surface area contributed by atoms with Crippen molar-refractivity contribution in [2.24, 2.45) is 0 Å². The largest absolute Gasteiger partial charge is 0.455 e. The van der Waals surface area contributed by atoms with E-state index in [-0.39, 0.29) is 5.41 Å². The Balaban J connectivity index is 0.967. The maximum atomic E-state index is 7.24. The summed E-state index contributed by atoms with van der Waals surface area (Å²) in [6, 6.07) is 82.6. The summed E-state index contributed by atoms with van der Waals surface area (Å²) in [5.41, 5.74) is 17.0. The van der Waals surface area contributed by atoms with Crippen LogP contribution in [0.15, 0.2) is 229 Å². The van der Waals surface area contributed by atoms with Crippen LogP contribution in [0, 0.1) is 0 Å². The molecule has 0 unspecified atom stereocenters. The number of nitrogens with one attached hydrogen (secondary N) is 1. The topological polar surface area (TPSA) is 32.2 Å². The lowest BCUT2D eigenvalue weighted by molar-refractivity contribution is 0.660. The minimum Gasteiger partial charge on any atom is -0.455 e. The number of rotatable bonds is 5. The monoisotopic (exact) mass is 892 g/mol. The van der Waals surface area contributed by atoms with Crippen molar-refractivity contribution in [3.63, 3.8) is 0 Å². The van der Waals surface area contributed by atoms with Crippen LogP contribution in [0.1, 0.15) is 25.0 Å². The van der Waals surface area contributed by atoms with Gasteiger partial charge in [-0.25, -0.2) is 0 Å². The molecule has 15 rings (SSSR count). The first kappa shape index (κ1) is 39.1. The lowest BCUT2D eigenvalue weighted by Crippen LogP contribution is -2.16. The van der Waals surface area contributed by atoms with Gasteiger partial charge in [-0.2, -0.15) is 0 Å². The number of anilines is 3. The smallest absolute Gasteiger partial charge is 0.143 e. The number of nitrogens with zero attached hydrogens (tertiary/aromatic N) is 1. The number of furan rings is 1. The molecule has 1 aliphatic rings. The Labute approximate surface area is 404 Å². The van der Waals surface area contributed by atoms with Crippen molar-refractivity contribution < 1.29 is 4.42 Å². The molecule has 0 amide bonds. The molecule has 0 radical (unpaired) electrons. The summed E-state index contributed by atoms with van der Waals surface area (Å²) >= 11 is 0. The first-order valence-electron chi connectivity index (χ1n) is 24.3. The number of aromatic nitrogens is 1. The molecule has 0 fully saturated rings. The van der Waals surface area contributed by atoms with Gasteiger partial charge in [0.05, 0.1) is 16.6 Å². The molecule has 0 atom stereocenters. The van der Waals surface area contributed by atoms with E-state index in [1.165, 1.54) is 76.3 Å². The van der Waals surface area contributed by atoms with Gasteiger partial charge in [0.15, 0.2) is 0 Å². The second-order valence-electron chi connectivity index (χ2n) is 19.6. The normalized spacial score (nSPS) is 13.1. The predicted molar refractivity (Wildman–Crippen MR) is 296 cm³/mol. The van der Waals surface area contributed by atoms with E-state index < -0.39 is 0 Å². The van der Waals surface area contributed by atoms with E-state index in [9.17, 15) is 0 Å². The third kappa shape index (κ3) is 5.52. The van der Waals surface area contributed by atoms with Gasteiger partial charge in [-0.15, -0.1) is 0 Å². The molecule has 14 aromatic rings. The third-order valence-corrected chi connectivity index (χ3v) is 15.6. The number of hydrogen-bond acceptors (Lipinski definition) is 2. The van der Waals surface area contributed by atoms with E-state index in [4.69, 9.17) is 4.42 Å². The van der Waals surface area contributed by atoms with Crippen LogP contribution in [0.5, 0.6) is 0 Å². The van der Waals surface area contributed by atoms with E-state index in [2.05, 4.69) is 248 Å². The van der Waals surface area contributed by atoms with Crippen LogP contribution < -0.4 is 4.90 Å². The van der Waals surface area contributed by atoms with Crippen LogP contribution in [0.2, 0.25) is 0 Å². The van der Waals surface area contributed by atoms with Crippen LogP contribution >= 0.6 is 0 Å². The molecule has 3 nitrogen and oxygen atoms in total. The lowest BCUT2D eigenvalue weighted by atomic mass is 9.82. The van der Waals surface area contributed by atoms with Crippen molar-refractivity contribution in [1.29, 1.82) is 0 Å². The Morgan fingerprint density at radius 3 is 1.80 bits per heavy atom. The van der Waals surface area contributed by atoms with E-state index in [0.29, 0.717) is 0 Å². The zero-order valence-electron chi connectivity index (χ0n) is 38.7. The molecule has 0 saturated heterocycles. The molecule has 1 aliphatic carbocycles. The molecule has 70 heavy (non-hydrogen) atoms. The Hall–Kier alpha value is -8.92. The summed E-state index contributed by atoms with van der Waals surface area (Å²) in [4.78, 5) is 6.19. The van der Waals surface area contributed by atoms with Crippen molar-refractivity contribution in [1.82, 2.24) is 4.98 Å². The second kappa shape index (κ2) is 14.5. The number of fused-ring (bicyclic) bond motifs is 16. The molecule has 3 heteroatoms. The van der Waals surface area contributed by atoms with Crippen LogP contribution in [0.25, 0.3) is 120 Å². The van der Waals surface area contributed by atoms with Gasteiger partial charge in [0.25, 0.3) is 0 Å². The molecular weight excluding hydrogens is 849 g/mol. The highest BCUT2D eigenvalue weighted by Gasteiger charge is 2.36. The first-order valence-corrected chi connectivity index (χ1v) is 24.3. The summed E-state index contributed by atoms with van der Waals surface area (Å²) in [7, 11) is 0. The van der Waals surface area contributed by atoms with Gasteiger partial charge in [-0.1, -0.05) is 184 Å². The van der Waals surface area contributed by atoms with Crippen LogP contribution in [-0.2, 0) is 5.41 Å². The highest BCUT2D eigenvalue weighted by Crippen LogP contribution is 2.53. The summed E-state index contributed by atoms with van der Waals surface area (Å²) in [5, 5.41) is 14.5. The second-order valence-corrected chi connectivity index (χ2v) is 19.6. The quantitative estimate of drug-likeness (QED) is 0.175. The maximum Gasteiger partial charge on any atom is 0.143 e. The van der Waals surface area contributed by atoms with Gasteiger partial charge < -0.3 is 14.3 Å². The Bertz CT molecular complexity index is 4480. The first-order chi connectivity index (χ1) is 34.5. The highest BCUT2D eigenvalue weighted by atomic mass is 16.3. The lowest BCUT2D eigenvalue weighted by Gasteiger charge is -2.29. The molecule has 2 heterocycles. The molecule has 0 spiro atoms. The van der Waals surface area contributed by atoms with Gasteiger partial charge in [-0.3, -0.25) is 0 Å². The Kier molecular flexibility index (Phi) is 8.13. The predicted octanol–water partition coefficient (Wildman–Crippen LogP) is 18.9. The molecule has 2 aromatic heterocycles. The highest BCUT2D eigenvalue weighted by molar-refractivity contribution is 6.27. The van der Waals surface area contributed by atoms with Crippen molar-refractivity contribution in [2.45, 2.75) is 19.3 Å². The average molecular weight is 893 g/mol. The SMILES string of the molecule is CC1(C)c2ccccc2-c2ccc(N(c3ccc(-c4cccc5c4[nH]c4ccccc45)cc3)c3cccc4oc5c(-c6ccc7c8ccccc8c8ccccc8c7c6)c6ccccc6cc5c34)cc21. The molecule has 328 valence electrons. The zero-order valence-corrected chi connectivity index (χ0v) is 38.7. The van der Waals surface area contributed by atoms with Crippen molar-refractivity contribution >= 4 is 104 Å². The standard InChI is InChI=1S/C67H44N2O/c1-67(2)58-25-11-9-21-52(58)53-36-34-44(39-59(53)67)69(43-32-29-40(30-33-43)46-23-13-24-55-54-22-10-12-26-60(54)68-65(46)55)61-27-14-28-62-64(61)57-37-41-15-3-4-16-45(41)63(66(57)70-62)42-31-35-51-49-19-6-5-17-47(49)48-18-7-8-20-50(48)56(51)38-42/h3-39,68H,1-2H3. The van der Waals surface area contributed by atoms with E-state index in [0.717, 1.165) is 72.1 Å². The molecule has 12 aromatic carbocycles. The van der Waals surface area contributed by atoms with Gasteiger partial charge in [0.2, 0.25) is 0 Å². The summed E-state index contributed by atoms with van der Waals surface area (Å²) in [6.45, 7) is 4.72. The van der Waals surface area contributed by atoms with Crippen molar-refractivity contribution in [3.05, 3.63) is 236 Å². The van der Waals surface area contributed by atoms with E-state index >= 15 is 0 Å². The van der Waals surface area contributed by atoms with Crippen LogP contribution in [0.3, 0.4) is 0 Å². The zero-order chi connectivity index (χ0) is 46.2. The van der Waals surface area contributed by atoms with Gasteiger partial charge in [-0.05, 0) is 131 Å². The van der Waals surface area contributed by atoms with Gasteiger partial charge >= 0.3 is 0 Å². The Morgan fingerprint density at radius 1 is 0.400 bits per heavy atom. The van der Waals surface area contributed by atoms with Crippen molar-refractivity contribution in [2.75, 3.05) is 4.90 Å². The number of para-hydroxylation sites is 2. The molecular formula is C67H44N2O. The van der Waals surface area contributed by atoms with Gasteiger partial charge in [0, 0.05) is 49.6 Å². The minimum absolute atomic E-state index is 0.171.